The Labute approximate surface area is 110 Å². The molecule has 0 radical (unpaired) electrons. The standard InChI is InChI=1S/C13H28Se2/c1-4-5-6-7-8-9-10-11-12-13(14-2)15-3/h13H,4-12H2,1-3H3. The van der Waals surface area contributed by atoms with Gasteiger partial charge in [0, 0.05) is 0 Å². The summed E-state index contributed by atoms with van der Waals surface area (Å²) in [4.78, 5) is 0. The van der Waals surface area contributed by atoms with Gasteiger partial charge in [0.15, 0.2) is 0 Å². The van der Waals surface area contributed by atoms with Crippen LogP contribution in [-0.2, 0) is 0 Å². The zero-order chi connectivity index (χ0) is 11.4. The first-order valence-corrected chi connectivity index (χ1v) is 11.8. The van der Waals surface area contributed by atoms with E-state index in [1.807, 2.05) is 0 Å². The van der Waals surface area contributed by atoms with Crippen molar-refractivity contribution in [2.24, 2.45) is 0 Å². The van der Waals surface area contributed by atoms with Gasteiger partial charge in [-0.1, -0.05) is 0 Å². The molecule has 0 nitrogen and oxygen atoms in total. The van der Waals surface area contributed by atoms with E-state index in [9.17, 15) is 0 Å². The Bertz CT molecular complexity index is 111. The molecule has 0 saturated carbocycles. The molecule has 0 aliphatic carbocycles. The molecule has 0 aromatic carbocycles. The van der Waals surface area contributed by atoms with Gasteiger partial charge in [-0.15, -0.1) is 0 Å². The van der Waals surface area contributed by atoms with Crippen LogP contribution in [0.1, 0.15) is 64.7 Å². The van der Waals surface area contributed by atoms with Crippen LogP contribution in [0, 0.1) is 0 Å². The summed E-state index contributed by atoms with van der Waals surface area (Å²) in [5.41, 5.74) is 0. The van der Waals surface area contributed by atoms with Gasteiger partial charge in [0.05, 0.1) is 0 Å². The molecule has 0 amide bonds. The van der Waals surface area contributed by atoms with Crippen LogP contribution in [0.15, 0.2) is 0 Å². The van der Waals surface area contributed by atoms with Crippen LogP contribution < -0.4 is 0 Å². The molecule has 0 heterocycles. The summed E-state index contributed by atoms with van der Waals surface area (Å²) in [7, 11) is 0. The predicted octanol–water partition coefficient (Wildman–Crippen LogP) is 4.77. The van der Waals surface area contributed by atoms with Crippen LogP contribution >= 0.6 is 0 Å². The SMILES string of the molecule is CCCCCCCCCCC([Se]C)[Se]C. The van der Waals surface area contributed by atoms with Crippen molar-refractivity contribution in [3.8, 4) is 0 Å². The quantitative estimate of drug-likeness (QED) is 0.375. The Hall–Kier alpha value is 1.04. The van der Waals surface area contributed by atoms with Crippen molar-refractivity contribution in [1.29, 1.82) is 0 Å². The molecule has 0 N–H and O–H groups in total. The Morgan fingerprint density at radius 1 is 0.733 bits per heavy atom. The van der Waals surface area contributed by atoms with Gasteiger partial charge in [-0.2, -0.15) is 0 Å². The van der Waals surface area contributed by atoms with Crippen LogP contribution in [0.25, 0.3) is 0 Å². The van der Waals surface area contributed by atoms with Crippen LogP contribution in [-0.4, -0.2) is 29.9 Å². The maximum atomic E-state index is 2.41. The van der Waals surface area contributed by atoms with E-state index >= 15 is 0 Å². The monoisotopic (exact) mass is 344 g/mol. The molecule has 0 atom stereocenters. The second kappa shape index (κ2) is 13.1. The van der Waals surface area contributed by atoms with Gasteiger partial charge in [0.1, 0.15) is 0 Å². The van der Waals surface area contributed by atoms with Gasteiger partial charge in [-0.05, 0) is 0 Å². The molecule has 0 saturated heterocycles. The third kappa shape index (κ3) is 11.3. The minimum absolute atomic E-state index is 0.913. The third-order valence-corrected chi connectivity index (χ3v) is 10.2. The molecule has 0 unspecified atom stereocenters. The first-order chi connectivity index (χ1) is 7.35. The number of hydrogen-bond acceptors (Lipinski definition) is 0. The summed E-state index contributed by atoms with van der Waals surface area (Å²) >= 11 is 1.83. The van der Waals surface area contributed by atoms with Crippen molar-refractivity contribution in [1.82, 2.24) is 0 Å². The van der Waals surface area contributed by atoms with E-state index in [0.29, 0.717) is 0 Å². The number of hydrogen-bond donors (Lipinski definition) is 0. The van der Waals surface area contributed by atoms with Crippen molar-refractivity contribution in [3.63, 3.8) is 0 Å². The van der Waals surface area contributed by atoms with Gasteiger partial charge in [0.2, 0.25) is 0 Å². The molecule has 0 aromatic rings. The summed E-state index contributed by atoms with van der Waals surface area (Å²) in [6, 6.07) is 0. The van der Waals surface area contributed by atoms with Gasteiger partial charge in [0.25, 0.3) is 0 Å². The Kier molecular flexibility index (Phi) is 14.0. The van der Waals surface area contributed by atoms with Crippen LogP contribution in [0.3, 0.4) is 0 Å². The summed E-state index contributed by atoms with van der Waals surface area (Å²) < 4.78 is 1.13. The molecule has 0 rings (SSSR count). The molecule has 0 bridgehead atoms. The molecule has 0 aliphatic rings. The van der Waals surface area contributed by atoms with E-state index in [1.54, 1.807) is 0 Å². The molecule has 2 heteroatoms. The summed E-state index contributed by atoms with van der Waals surface area (Å²) in [6.45, 7) is 2.29. The molecule has 0 spiro atoms. The topological polar surface area (TPSA) is 0 Å². The normalized spacial score (nSPS) is 11.2. The Morgan fingerprint density at radius 3 is 1.67 bits per heavy atom. The summed E-state index contributed by atoms with van der Waals surface area (Å²) in [5, 5.41) is 0. The van der Waals surface area contributed by atoms with E-state index < -0.39 is 0 Å². The average molecular weight is 342 g/mol. The van der Waals surface area contributed by atoms with Gasteiger partial charge in [-0.25, -0.2) is 0 Å². The van der Waals surface area contributed by atoms with Crippen molar-refractivity contribution >= 4 is 29.9 Å². The van der Waals surface area contributed by atoms with Crippen molar-refractivity contribution < 1.29 is 0 Å². The first-order valence-electron chi connectivity index (χ1n) is 6.40. The van der Waals surface area contributed by atoms with E-state index in [-0.39, 0.29) is 0 Å². The van der Waals surface area contributed by atoms with Crippen molar-refractivity contribution in [2.45, 2.75) is 80.1 Å². The molecule has 0 aromatic heterocycles. The van der Waals surface area contributed by atoms with E-state index in [2.05, 4.69) is 18.6 Å². The Balaban J connectivity index is 3.04. The minimum atomic E-state index is 0.913. The molecule has 92 valence electrons. The van der Waals surface area contributed by atoms with Crippen LogP contribution in [0.2, 0.25) is 15.4 Å². The zero-order valence-electron chi connectivity index (χ0n) is 10.8. The molecular weight excluding hydrogens is 314 g/mol. The molecule has 15 heavy (non-hydrogen) atoms. The Morgan fingerprint density at radius 2 is 1.20 bits per heavy atom. The van der Waals surface area contributed by atoms with Crippen molar-refractivity contribution in [2.75, 3.05) is 0 Å². The third-order valence-electron chi connectivity index (χ3n) is 2.82. The second-order valence-electron chi connectivity index (χ2n) is 4.16. The molecular formula is C13H28Se2. The fourth-order valence-corrected chi connectivity index (χ4v) is 5.97. The van der Waals surface area contributed by atoms with E-state index in [4.69, 9.17) is 0 Å². The first kappa shape index (κ1) is 16.0. The van der Waals surface area contributed by atoms with E-state index in [0.717, 1.165) is 33.6 Å². The fourth-order valence-electron chi connectivity index (χ4n) is 1.78. The second-order valence-corrected chi connectivity index (χ2v) is 10.0. The van der Waals surface area contributed by atoms with Crippen LogP contribution in [0.5, 0.6) is 0 Å². The van der Waals surface area contributed by atoms with Crippen LogP contribution in [0.4, 0.5) is 0 Å². The van der Waals surface area contributed by atoms with Crippen molar-refractivity contribution in [3.05, 3.63) is 0 Å². The van der Waals surface area contributed by atoms with Gasteiger partial charge in [-0.3, -0.25) is 0 Å². The predicted molar refractivity (Wildman–Crippen MR) is 74.2 cm³/mol. The average Bonchev–Trinajstić information content (AvgIpc) is 2.27. The maximum absolute atomic E-state index is 2.41. The fraction of sp³-hybridized carbons (Fsp3) is 1.00. The van der Waals surface area contributed by atoms with E-state index in [1.165, 1.54) is 57.8 Å². The molecule has 0 aliphatic heterocycles. The zero-order valence-corrected chi connectivity index (χ0v) is 14.2. The van der Waals surface area contributed by atoms with Gasteiger partial charge >= 0.3 is 110 Å². The summed E-state index contributed by atoms with van der Waals surface area (Å²) in [5.74, 6) is 4.82. The number of unbranched alkanes of at least 4 members (excludes halogenated alkanes) is 7. The number of rotatable bonds is 11. The molecule has 0 fully saturated rings. The summed E-state index contributed by atoms with van der Waals surface area (Å²) in [6.07, 6.45) is 13.3. The van der Waals surface area contributed by atoms with Gasteiger partial charge < -0.3 is 0 Å².